The molecule has 0 unspecified atom stereocenters. The number of para-hydroxylation sites is 1. The van der Waals surface area contributed by atoms with Gasteiger partial charge in [-0.15, -0.1) is 0 Å². The third kappa shape index (κ3) is 4.31. The number of aromatic nitrogens is 1. The average molecular weight is 286 g/mol. The highest BCUT2D eigenvalue weighted by Crippen LogP contribution is 2.11. The quantitative estimate of drug-likeness (QED) is 0.874. The van der Waals surface area contributed by atoms with Gasteiger partial charge in [0.25, 0.3) is 0 Å². The van der Waals surface area contributed by atoms with Crippen LogP contribution in [0.3, 0.4) is 0 Å². The van der Waals surface area contributed by atoms with E-state index >= 15 is 0 Å². The minimum atomic E-state index is -0.655. The van der Waals surface area contributed by atoms with Gasteiger partial charge in [0.2, 0.25) is 0 Å². The molecule has 0 aliphatic carbocycles. The fourth-order valence-electron chi connectivity index (χ4n) is 1.53. The Morgan fingerprint density at radius 1 is 1.14 bits per heavy atom. The third-order valence-electron chi connectivity index (χ3n) is 2.46. The summed E-state index contributed by atoms with van der Waals surface area (Å²) in [4.78, 5) is 27.0. The smallest absolute Gasteiger partial charge is 0.418 e. The van der Waals surface area contributed by atoms with Gasteiger partial charge in [-0.3, -0.25) is 5.32 Å². The van der Waals surface area contributed by atoms with Crippen LogP contribution >= 0.6 is 0 Å². The van der Waals surface area contributed by atoms with E-state index in [2.05, 4.69) is 10.3 Å². The van der Waals surface area contributed by atoms with Crippen molar-refractivity contribution in [2.24, 2.45) is 0 Å². The maximum absolute atomic E-state index is 11.6. The topological polar surface area (TPSA) is 77.5 Å². The Morgan fingerprint density at radius 3 is 2.52 bits per heavy atom. The van der Waals surface area contributed by atoms with Crippen molar-refractivity contribution >= 4 is 17.9 Å². The van der Waals surface area contributed by atoms with Gasteiger partial charge in [-0.25, -0.2) is 14.6 Å². The van der Waals surface area contributed by atoms with Gasteiger partial charge < -0.3 is 9.47 Å². The van der Waals surface area contributed by atoms with Crippen LogP contribution in [0.1, 0.15) is 17.3 Å². The summed E-state index contributed by atoms with van der Waals surface area (Å²) in [5, 5.41) is 2.46. The van der Waals surface area contributed by atoms with Crippen LogP contribution in [0.15, 0.2) is 48.7 Å². The van der Waals surface area contributed by atoms with Crippen LogP contribution in [0.5, 0.6) is 5.75 Å². The standard InChI is InChI=1S/C15H14N2O4/c1-2-20-14(18)11-8-9-13(16-10-11)17-15(19)21-12-6-4-3-5-7-12/h3-10H,2H2,1H3,(H,16,17,19). The molecule has 1 aromatic heterocycles. The molecule has 0 aliphatic heterocycles. The number of nitrogens with one attached hydrogen (secondary N) is 1. The number of pyridine rings is 1. The van der Waals surface area contributed by atoms with Crippen molar-refractivity contribution in [1.29, 1.82) is 0 Å². The number of nitrogens with zero attached hydrogens (tertiary/aromatic N) is 1. The van der Waals surface area contributed by atoms with E-state index in [0.717, 1.165) is 0 Å². The lowest BCUT2D eigenvalue weighted by Crippen LogP contribution is -2.17. The Balaban J connectivity index is 1.94. The molecule has 108 valence electrons. The number of rotatable bonds is 4. The Labute approximate surface area is 121 Å². The number of amides is 1. The Hall–Kier alpha value is -2.89. The largest absolute Gasteiger partial charge is 0.462 e. The summed E-state index contributed by atoms with van der Waals surface area (Å²) in [6.45, 7) is 2.02. The van der Waals surface area contributed by atoms with E-state index < -0.39 is 12.1 Å². The zero-order valence-corrected chi connectivity index (χ0v) is 11.4. The Kier molecular flexibility index (Phi) is 4.87. The molecule has 0 spiro atoms. The van der Waals surface area contributed by atoms with Crippen molar-refractivity contribution in [3.8, 4) is 5.75 Å². The molecule has 0 fully saturated rings. The van der Waals surface area contributed by atoms with Crippen molar-refractivity contribution < 1.29 is 19.1 Å². The number of ether oxygens (including phenoxy) is 2. The van der Waals surface area contributed by atoms with Crippen LogP contribution in [-0.4, -0.2) is 23.7 Å². The van der Waals surface area contributed by atoms with E-state index in [-0.39, 0.29) is 5.82 Å². The van der Waals surface area contributed by atoms with Gasteiger partial charge in [0.15, 0.2) is 0 Å². The predicted octanol–water partition coefficient (Wildman–Crippen LogP) is 2.87. The fraction of sp³-hybridized carbons (Fsp3) is 0.133. The highest BCUT2D eigenvalue weighted by atomic mass is 16.6. The van der Waals surface area contributed by atoms with Gasteiger partial charge in [-0.1, -0.05) is 18.2 Å². The predicted molar refractivity (Wildman–Crippen MR) is 76.3 cm³/mol. The number of esters is 1. The number of benzene rings is 1. The van der Waals surface area contributed by atoms with E-state index in [1.807, 2.05) is 6.07 Å². The molecule has 1 N–H and O–H groups in total. The van der Waals surface area contributed by atoms with Crippen molar-refractivity contribution in [3.63, 3.8) is 0 Å². The average Bonchev–Trinajstić information content (AvgIpc) is 2.49. The third-order valence-corrected chi connectivity index (χ3v) is 2.46. The van der Waals surface area contributed by atoms with E-state index in [9.17, 15) is 9.59 Å². The van der Waals surface area contributed by atoms with Gasteiger partial charge in [-0.05, 0) is 31.2 Å². The van der Waals surface area contributed by atoms with E-state index in [4.69, 9.17) is 9.47 Å². The Morgan fingerprint density at radius 2 is 1.90 bits per heavy atom. The highest BCUT2D eigenvalue weighted by Gasteiger charge is 2.09. The summed E-state index contributed by atoms with van der Waals surface area (Å²) >= 11 is 0. The van der Waals surface area contributed by atoms with Crippen LogP contribution in [0.25, 0.3) is 0 Å². The second-order valence-corrected chi connectivity index (χ2v) is 3.98. The first-order valence-electron chi connectivity index (χ1n) is 6.36. The summed E-state index contributed by atoms with van der Waals surface area (Å²) in [6, 6.07) is 11.7. The zero-order valence-electron chi connectivity index (χ0n) is 11.4. The second kappa shape index (κ2) is 7.04. The SMILES string of the molecule is CCOC(=O)c1ccc(NC(=O)Oc2ccccc2)nc1. The molecular weight excluding hydrogens is 272 g/mol. The number of carbonyl (C=O) groups excluding carboxylic acids is 2. The lowest BCUT2D eigenvalue weighted by molar-refractivity contribution is 0.0526. The molecule has 21 heavy (non-hydrogen) atoms. The molecule has 6 heteroatoms. The lowest BCUT2D eigenvalue weighted by atomic mass is 10.3. The van der Waals surface area contributed by atoms with Crippen LogP contribution in [0.4, 0.5) is 10.6 Å². The summed E-state index contributed by atoms with van der Waals surface area (Å²) < 4.78 is 9.89. The molecule has 1 aromatic carbocycles. The molecule has 6 nitrogen and oxygen atoms in total. The minimum absolute atomic E-state index is 0.281. The molecule has 0 bridgehead atoms. The maximum Gasteiger partial charge on any atom is 0.418 e. The van der Waals surface area contributed by atoms with Crippen LogP contribution in [-0.2, 0) is 4.74 Å². The molecule has 0 saturated carbocycles. The fourth-order valence-corrected chi connectivity index (χ4v) is 1.53. The molecule has 0 saturated heterocycles. The van der Waals surface area contributed by atoms with Crippen molar-refractivity contribution in [1.82, 2.24) is 4.98 Å². The molecular formula is C15H14N2O4. The van der Waals surface area contributed by atoms with Gasteiger partial charge in [0.05, 0.1) is 12.2 Å². The first-order chi connectivity index (χ1) is 10.2. The lowest BCUT2D eigenvalue weighted by Gasteiger charge is -2.06. The normalized spacial score (nSPS) is 9.76. The van der Waals surface area contributed by atoms with E-state index in [1.165, 1.54) is 18.3 Å². The summed E-state index contributed by atoms with van der Waals surface area (Å²) in [5.41, 5.74) is 0.318. The van der Waals surface area contributed by atoms with Crippen molar-refractivity contribution in [2.45, 2.75) is 6.92 Å². The van der Waals surface area contributed by atoms with E-state index in [1.54, 1.807) is 31.2 Å². The summed E-state index contributed by atoms with van der Waals surface area (Å²) in [7, 11) is 0. The first-order valence-corrected chi connectivity index (χ1v) is 6.36. The molecule has 0 atom stereocenters. The summed E-state index contributed by atoms with van der Waals surface area (Å²) in [6.07, 6.45) is 0.674. The Bertz CT molecular complexity index is 611. The molecule has 2 rings (SSSR count). The monoisotopic (exact) mass is 286 g/mol. The number of anilines is 1. The van der Waals surface area contributed by atoms with E-state index in [0.29, 0.717) is 17.9 Å². The highest BCUT2D eigenvalue weighted by molar-refractivity contribution is 5.90. The minimum Gasteiger partial charge on any atom is -0.462 e. The van der Waals surface area contributed by atoms with Crippen molar-refractivity contribution in [2.75, 3.05) is 11.9 Å². The molecule has 1 heterocycles. The maximum atomic E-state index is 11.6. The number of hydrogen-bond acceptors (Lipinski definition) is 5. The van der Waals surface area contributed by atoms with Gasteiger partial charge >= 0.3 is 12.1 Å². The van der Waals surface area contributed by atoms with Crippen LogP contribution < -0.4 is 10.1 Å². The first kappa shape index (κ1) is 14.5. The molecule has 1 amide bonds. The molecule has 2 aromatic rings. The van der Waals surface area contributed by atoms with Gasteiger partial charge in [0.1, 0.15) is 11.6 Å². The zero-order chi connectivity index (χ0) is 15.1. The van der Waals surface area contributed by atoms with Crippen LogP contribution in [0, 0.1) is 0 Å². The van der Waals surface area contributed by atoms with Gasteiger partial charge in [-0.2, -0.15) is 0 Å². The molecule has 0 aliphatic rings. The van der Waals surface area contributed by atoms with Gasteiger partial charge in [0, 0.05) is 6.20 Å². The number of carbonyl (C=O) groups is 2. The molecule has 0 radical (unpaired) electrons. The van der Waals surface area contributed by atoms with Crippen LogP contribution in [0.2, 0.25) is 0 Å². The summed E-state index contributed by atoms with van der Waals surface area (Å²) in [5.74, 6) is 0.255. The second-order valence-electron chi connectivity index (χ2n) is 3.98. The number of hydrogen-bond donors (Lipinski definition) is 1. The van der Waals surface area contributed by atoms with Crippen molar-refractivity contribution in [3.05, 3.63) is 54.2 Å².